The predicted molar refractivity (Wildman–Crippen MR) is 125 cm³/mol. The van der Waals surface area contributed by atoms with E-state index < -0.39 is 22.3 Å². The Morgan fingerprint density at radius 2 is 1.71 bits per heavy atom. The van der Waals surface area contributed by atoms with Crippen molar-refractivity contribution in [2.24, 2.45) is 0 Å². The van der Waals surface area contributed by atoms with Gasteiger partial charge in [0, 0.05) is 31.1 Å². The van der Waals surface area contributed by atoms with E-state index in [0.29, 0.717) is 12.3 Å². The van der Waals surface area contributed by atoms with Gasteiger partial charge in [-0.25, -0.2) is 17.5 Å². The molecule has 2 rings (SSSR count). The number of nitrogens with zero attached hydrogens (tertiary/aromatic N) is 3. The van der Waals surface area contributed by atoms with Gasteiger partial charge in [-0.3, -0.25) is 0 Å². The normalized spacial score (nSPS) is 12.7. The van der Waals surface area contributed by atoms with E-state index in [1.54, 1.807) is 0 Å². The number of hydrogen-bond acceptors (Lipinski definition) is 6. The smallest absolute Gasteiger partial charge is 0.298 e. The van der Waals surface area contributed by atoms with Gasteiger partial charge in [-0.2, -0.15) is 4.98 Å². The van der Waals surface area contributed by atoms with Crippen LogP contribution < -0.4 is 5.32 Å². The second kappa shape index (κ2) is 9.97. The lowest BCUT2D eigenvalue weighted by molar-refractivity contribution is 0.0792. The summed E-state index contributed by atoms with van der Waals surface area (Å²) < 4.78 is 44.9. The Hall–Kier alpha value is -1.49. The molecule has 1 aromatic heterocycles. The molecule has 174 valence electrons. The lowest BCUT2D eigenvalue weighted by atomic mass is 9.92. The van der Waals surface area contributed by atoms with Crippen LogP contribution in [0.4, 0.5) is 16.0 Å². The molecule has 0 radical (unpaired) electrons. The van der Waals surface area contributed by atoms with E-state index in [1.165, 1.54) is 16.8 Å². The molecule has 0 unspecified atom stereocenters. The summed E-state index contributed by atoms with van der Waals surface area (Å²) in [5, 5.41) is 6.68. The average Bonchev–Trinajstić information content (AvgIpc) is 3.02. The SMILES string of the molecule is CC(C)c1cc(F)cc(C(C)C)c1Nc1nc(S(=O)(=O)Cl)nn1COCC[Si](C)(C)C. The standard InChI is InChI=1S/C20H32ClFN4O3SSi/c1-13(2)16-10-15(22)11-17(14(3)4)18(16)23-19-24-20(30(21,27)28)25-26(19)12-29-8-9-31(5,6)7/h10-11,13-14H,8-9,12H2,1-7H3,(H,23,24,25). The first-order valence-corrected chi connectivity index (χ1v) is 16.3. The molecule has 0 fully saturated rings. The van der Waals surface area contributed by atoms with Crippen molar-refractivity contribution in [3.05, 3.63) is 29.1 Å². The highest BCUT2D eigenvalue weighted by Gasteiger charge is 2.23. The maximum Gasteiger partial charge on any atom is 0.298 e. The zero-order valence-electron chi connectivity index (χ0n) is 19.2. The number of rotatable bonds is 10. The van der Waals surface area contributed by atoms with Crippen molar-refractivity contribution in [3.63, 3.8) is 0 Å². The Kier molecular flexibility index (Phi) is 8.29. The summed E-state index contributed by atoms with van der Waals surface area (Å²) >= 11 is 0. The third-order valence-electron chi connectivity index (χ3n) is 4.73. The summed E-state index contributed by atoms with van der Waals surface area (Å²) in [6, 6.07) is 3.91. The van der Waals surface area contributed by atoms with Crippen LogP contribution in [-0.2, 0) is 20.5 Å². The molecule has 1 aromatic carbocycles. The summed E-state index contributed by atoms with van der Waals surface area (Å²) in [6.07, 6.45) is 0. The maximum atomic E-state index is 14.2. The molecule has 0 atom stereocenters. The molecule has 0 amide bonds. The van der Waals surface area contributed by atoms with Crippen LogP contribution in [-0.4, -0.2) is 37.9 Å². The first-order valence-electron chi connectivity index (χ1n) is 10.3. The van der Waals surface area contributed by atoms with Gasteiger partial charge in [0.1, 0.15) is 12.5 Å². The van der Waals surface area contributed by atoms with Crippen LogP contribution in [0.5, 0.6) is 0 Å². The van der Waals surface area contributed by atoms with Crippen LogP contribution in [0.1, 0.15) is 50.7 Å². The number of halogens is 2. The van der Waals surface area contributed by atoms with E-state index >= 15 is 0 Å². The van der Waals surface area contributed by atoms with Crippen molar-refractivity contribution < 1.29 is 17.5 Å². The fraction of sp³-hybridized carbons (Fsp3) is 0.600. The van der Waals surface area contributed by atoms with E-state index in [9.17, 15) is 12.8 Å². The monoisotopic (exact) mass is 490 g/mol. The van der Waals surface area contributed by atoms with Gasteiger partial charge in [0.25, 0.3) is 14.2 Å². The maximum absolute atomic E-state index is 14.2. The number of hydrogen-bond donors (Lipinski definition) is 1. The van der Waals surface area contributed by atoms with Crippen LogP contribution in [0.2, 0.25) is 25.7 Å². The van der Waals surface area contributed by atoms with Crippen molar-refractivity contribution >= 4 is 39.4 Å². The Morgan fingerprint density at radius 3 is 2.16 bits per heavy atom. The van der Waals surface area contributed by atoms with Crippen LogP contribution in [0.25, 0.3) is 0 Å². The molecular formula is C20H32ClFN4O3SSi. The van der Waals surface area contributed by atoms with Crippen molar-refractivity contribution in [2.45, 2.75) is 77.1 Å². The van der Waals surface area contributed by atoms with Crippen molar-refractivity contribution in [1.82, 2.24) is 14.8 Å². The van der Waals surface area contributed by atoms with Crippen LogP contribution >= 0.6 is 10.7 Å². The third kappa shape index (κ3) is 7.26. The average molecular weight is 491 g/mol. The molecule has 11 heteroatoms. The van der Waals surface area contributed by atoms with Gasteiger partial charge in [-0.1, -0.05) is 47.3 Å². The van der Waals surface area contributed by atoms with E-state index in [1.807, 2.05) is 27.7 Å². The number of nitrogens with one attached hydrogen (secondary N) is 1. The highest BCUT2D eigenvalue weighted by molar-refractivity contribution is 8.13. The second-order valence-electron chi connectivity index (χ2n) is 9.40. The molecule has 2 aromatic rings. The summed E-state index contributed by atoms with van der Waals surface area (Å²) in [4.78, 5) is 4.08. The zero-order chi connectivity index (χ0) is 23.6. The van der Waals surface area contributed by atoms with Gasteiger partial charge >= 0.3 is 0 Å². The molecule has 0 saturated heterocycles. The van der Waals surface area contributed by atoms with Gasteiger partial charge < -0.3 is 10.1 Å². The molecule has 0 saturated carbocycles. The van der Waals surface area contributed by atoms with E-state index in [-0.39, 0.29) is 30.3 Å². The van der Waals surface area contributed by atoms with Gasteiger partial charge in [0.15, 0.2) is 0 Å². The Bertz CT molecular complexity index is 991. The van der Waals surface area contributed by atoms with Crippen molar-refractivity contribution in [1.29, 1.82) is 0 Å². The number of anilines is 2. The molecule has 0 aliphatic rings. The fourth-order valence-electron chi connectivity index (χ4n) is 2.95. The minimum atomic E-state index is -4.13. The third-order valence-corrected chi connectivity index (χ3v) is 7.45. The summed E-state index contributed by atoms with van der Waals surface area (Å²) in [5.74, 6) is -0.103. The highest BCUT2D eigenvalue weighted by atomic mass is 35.7. The highest BCUT2D eigenvalue weighted by Crippen LogP contribution is 2.35. The van der Waals surface area contributed by atoms with Crippen molar-refractivity contribution in [2.75, 3.05) is 11.9 Å². The van der Waals surface area contributed by atoms with Crippen LogP contribution in [0, 0.1) is 5.82 Å². The second-order valence-corrected chi connectivity index (χ2v) is 17.5. The van der Waals surface area contributed by atoms with Gasteiger partial charge in [-0.15, -0.1) is 5.10 Å². The largest absolute Gasteiger partial charge is 0.359 e. The van der Waals surface area contributed by atoms with Gasteiger partial charge in [0.05, 0.1) is 0 Å². The molecule has 0 aliphatic heterocycles. The van der Waals surface area contributed by atoms with E-state index in [2.05, 4.69) is 35.0 Å². The first-order chi connectivity index (χ1) is 14.2. The van der Waals surface area contributed by atoms with Gasteiger partial charge in [-0.05, 0) is 41.1 Å². The molecular weight excluding hydrogens is 459 g/mol. The molecule has 0 spiro atoms. The van der Waals surface area contributed by atoms with E-state index in [0.717, 1.165) is 17.2 Å². The molecule has 1 heterocycles. The Labute approximate surface area is 189 Å². The summed E-state index contributed by atoms with van der Waals surface area (Å²) in [6.45, 7) is 15.1. The number of ether oxygens (including phenoxy) is 1. The predicted octanol–water partition coefficient (Wildman–Crippen LogP) is 5.65. The minimum Gasteiger partial charge on any atom is -0.359 e. The lowest BCUT2D eigenvalue weighted by Crippen LogP contribution is -2.22. The lowest BCUT2D eigenvalue weighted by Gasteiger charge is -2.21. The van der Waals surface area contributed by atoms with E-state index in [4.69, 9.17) is 15.4 Å². The van der Waals surface area contributed by atoms with Gasteiger partial charge in [0.2, 0.25) is 5.95 Å². The van der Waals surface area contributed by atoms with Crippen LogP contribution in [0.15, 0.2) is 17.3 Å². The van der Waals surface area contributed by atoms with Crippen LogP contribution in [0.3, 0.4) is 0 Å². The minimum absolute atomic E-state index is 0.0153. The summed E-state index contributed by atoms with van der Waals surface area (Å²) in [7, 11) is 0.0651. The Balaban J connectivity index is 2.45. The fourth-order valence-corrected chi connectivity index (χ4v) is 4.30. The molecule has 1 N–H and O–H groups in total. The Morgan fingerprint density at radius 1 is 1.16 bits per heavy atom. The van der Waals surface area contributed by atoms with Crippen molar-refractivity contribution in [3.8, 4) is 0 Å². The topological polar surface area (TPSA) is 86.1 Å². The molecule has 0 aliphatic carbocycles. The number of aromatic nitrogens is 3. The molecule has 7 nitrogen and oxygen atoms in total. The summed E-state index contributed by atoms with van der Waals surface area (Å²) in [5.41, 5.74) is 2.20. The molecule has 0 bridgehead atoms. The first kappa shape index (κ1) is 25.8. The molecule has 31 heavy (non-hydrogen) atoms. The zero-order valence-corrected chi connectivity index (χ0v) is 21.7. The number of benzene rings is 1. The quantitative estimate of drug-likeness (QED) is 0.263.